The summed E-state index contributed by atoms with van der Waals surface area (Å²) in [6, 6.07) is 148. The zero-order valence-electron chi connectivity index (χ0n) is 73.5. The van der Waals surface area contributed by atoms with E-state index in [1.807, 2.05) is 12.2 Å². The maximum atomic E-state index is 6.31. The highest BCUT2D eigenvalue weighted by molar-refractivity contribution is 5.95. The number of anilines is 6. The molecular formula is C123H112N2O2. The van der Waals surface area contributed by atoms with Crippen LogP contribution in [0.15, 0.2) is 401 Å². The zero-order valence-corrected chi connectivity index (χ0v) is 73.5. The van der Waals surface area contributed by atoms with E-state index >= 15 is 0 Å². The number of benzene rings is 16. The van der Waals surface area contributed by atoms with Crippen LogP contribution < -0.4 is 19.3 Å². The van der Waals surface area contributed by atoms with Gasteiger partial charge in [-0.15, -0.1) is 0 Å². The number of rotatable bonds is 36. The van der Waals surface area contributed by atoms with Crippen LogP contribution in [0.1, 0.15) is 182 Å². The predicted molar refractivity (Wildman–Crippen MR) is 535 cm³/mol. The molecule has 2 unspecified atom stereocenters. The van der Waals surface area contributed by atoms with Gasteiger partial charge >= 0.3 is 0 Å². The second-order valence-corrected chi connectivity index (χ2v) is 35.0. The lowest BCUT2D eigenvalue weighted by atomic mass is 9.67. The summed E-state index contributed by atoms with van der Waals surface area (Å²) >= 11 is 0. The van der Waals surface area contributed by atoms with Gasteiger partial charge in [-0.05, 0) is 282 Å². The average Bonchev–Trinajstić information content (AvgIpc) is 1.54. The van der Waals surface area contributed by atoms with Crippen molar-refractivity contribution in [2.24, 2.45) is 0 Å². The maximum Gasteiger partial charge on any atom is 0.119 e. The van der Waals surface area contributed by atoms with E-state index in [1.165, 1.54) is 122 Å². The molecule has 0 N–H and O–H groups in total. The van der Waals surface area contributed by atoms with Gasteiger partial charge < -0.3 is 19.3 Å². The smallest absolute Gasteiger partial charge is 0.119 e. The lowest BCUT2D eigenvalue weighted by Gasteiger charge is -2.36. The molecule has 4 heteroatoms. The molecule has 3 aliphatic rings. The third kappa shape index (κ3) is 16.2. The highest BCUT2D eigenvalue weighted by atomic mass is 16.5. The highest BCUT2D eigenvalue weighted by Crippen LogP contribution is 2.62. The largest absolute Gasteiger partial charge is 0.494 e. The van der Waals surface area contributed by atoms with Crippen LogP contribution in [0.3, 0.4) is 0 Å². The third-order valence-corrected chi connectivity index (χ3v) is 27.5. The first-order valence-electron chi connectivity index (χ1n) is 46.5. The fourth-order valence-corrected chi connectivity index (χ4v) is 21.1. The standard InChI is InChI=1S/C123H112N2O2/c1-5-9-35-91-49-61-99(62-50-91)123(100-63-51-92(52-64-100)36-10-6-2)119-87-105(124(101-65-57-95(58-66-101)93-37-19-15-20-38-93)103-69-77-111-109-45-27-29-47-115(109)121(117(111)85-103,97-41-23-17-24-42-97)81-31-11-13-33-83-126-107-73-53-89(7-3)54-74-107)71-79-113(119)114-80-72-106(88-120(114)123)125(102-67-59-96(60-68-102)94-39-21-16-22-40-94)104-70-78-112-110-46-28-30-48-116(110)122(118(112)86-104,98-43-25-18-26-44-98)82-32-12-14-34-84-127-108-75-55-90(8-4)56-76-108/h7-8,15-30,37-80,85-88H,3-6,9-14,31-36,81-84H2,1-2H3. The van der Waals surface area contributed by atoms with Gasteiger partial charge in [0.1, 0.15) is 11.5 Å². The van der Waals surface area contributed by atoms with Gasteiger partial charge in [0.15, 0.2) is 0 Å². The Bertz CT molecular complexity index is 6080. The Morgan fingerprint density at radius 1 is 0.252 bits per heavy atom. The molecule has 0 saturated carbocycles. The van der Waals surface area contributed by atoms with Crippen molar-refractivity contribution in [3.63, 3.8) is 0 Å². The summed E-state index contributed by atoms with van der Waals surface area (Å²) in [7, 11) is 0. The number of hydrogen-bond donors (Lipinski definition) is 0. The number of unbranched alkanes of at least 4 members (excludes halogenated alkanes) is 8. The zero-order chi connectivity index (χ0) is 85.9. The molecular weight excluding hydrogens is 1540 g/mol. The second-order valence-electron chi connectivity index (χ2n) is 35.0. The van der Waals surface area contributed by atoms with Gasteiger partial charge in [-0.1, -0.05) is 382 Å². The van der Waals surface area contributed by atoms with Gasteiger partial charge in [0, 0.05) is 45.0 Å². The first-order chi connectivity index (χ1) is 62.8. The molecule has 0 aromatic heterocycles. The van der Waals surface area contributed by atoms with E-state index in [1.54, 1.807) is 0 Å². The molecule has 0 fully saturated rings. The van der Waals surface area contributed by atoms with Crippen LogP contribution in [-0.2, 0) is 29.1 Å². The van der Waals surface area contributed by atoms with Crippen LogP contribution in [0.25, 0.3) is 67.8 Å². The molecule has 0 radical (unpaired) electrons. The van der Waals surface area contributed by atoms with Gasteiger partial charge in [0.25, 0.3) is 0 Å². The monoisotopic (exact) mass is 1650 g/mol. The van der Waals surface area contributed by atoms with Crippen LogP contribution in [0, 0.1) is 0 Å². The number of fused-ring (bicyclic) bond motifs is 9. The number of ether oxygens (including phenoxy) is 2. The Balaban J connectivity index is 0.773. The fraction of sp³-hybridized carbons (Fsp3) is 0.187. The van der Waals surface area contributed by atoms with Crippen LogP contribution in [0.4, 0.5) is 34.1 Å². The molecule has 19 rings (SSSR count). The van der Waals surface area contributed by atoms with Crippen molar-refractivity contribution in [3.05, 3.63) is 479 Å². The summed E-state index contributed by atoms with van der Waals surface area (Å²) in [5.41, 5.74) is 35.2. The maximum absolute atomic E-state index is 6.31. The molecule has 2 atom stereocenters. The molecule has 0 bridgehead atoms. The van der Waals surface area contributed by atoms with E-state index < -0.39 is 16.2 Å². The van der Waals surface area contributed by atoms with Crippen LogP contribution in [0.5, 0.6) is 11.5 Å². The van der Waals surface area contributed by atoms with Crippen molar-refractivity contribution in [3.8, 4) is 67.1 Å². The SMILES string of the molecule is C=Cc1ccc(OCCCCCCC2(c3ccccc3)c3ccccc3-c3ccc(N(c4ccc(-c5ccccc5)cc4)c4ccc5c(c4)C(c4ccc(CCCC)cc4)(c4ccc(CCCC)cc4)c4cc(N(c6ccc(-c7ccccc7)cc6)c6ccc7c(c6)C(CCCCCCOc6ccc(C=C)cc6)(c6ccccc6)c6ccccc6-7)ccc4-5)cc32)cc1. The molecule has 626 valence electrons. The molecule has 0 heterocycles. The Labute approximate surface area is 752 Å². The summed E-state index contributed by atoms with van der Waals surface area (Å²) in [6.07, 6.45) is 20.6. The summed E-state index contributed by atoms with van der Waals surface area (Å²) in [5, 5.41) is 0. The number of nitrogens with zero attached hydrogens (tertiary/aromatic N) is 2. The van der Waals surface area contributed by atoms with Crippen molar-refractivity contribution in [2.75, 3.05) is 23.0 Å². The first kappa shape index (κ1) is 82.8. The molecule has 0 amide bonds. The quantitative estimate of drug-likeness (QED) is 0.0366. The van der Waals surface area contributed by atoms with E-state index in [-0.39, 0.29) is 0 Å². The van der Waals surface area contributed by atoms with Gasteiger partial charge in [-0.25, -0.2) is 0 Å². The van der Waals surface area contributed by atoms with Gasteiger partial charge in [0.05, 0.1) is 18.6 Å². The molecule has 0 spiro atoms. The van der Waals surface area contributed by atoms with Crippen molar-refractivity contribution >= 4 is 46.3 Å². The Morgan fingerprint density at radius 2 is 0.559 bits per heavy atom. The summed E-state index contributed by atoms with van der Waals surface area (Å²) in [4.78, 5) is 5.15. The van der Waals surface area contributed by atoms with E-state index in [9.17, 15) is 0 Å². The lowest BCUT2D eigenvalue weighted by Crippen LogP contribution is -2.29. The molecule has 16 aromatic carbocycles. The van der Waals surface area contributed by atoms with E-state index in [2.05, 4.69) is 425 Å². The molecule has 0 aliphatic heterocycles. The summed E-state index contributed by atoms with van der Waals surface area (Å²) < 4.78 is 12.6. The minimum absolute atomic E-state index is 0.432. The fourth-order valence-electron chi connectivity index (χ4n) is 21.1. The van der Waals surface area contributed by atoms with Crippen molar-refractivity contribution in [2.45, 2.75) is 133 Å². The molecule has 0 saturated heterocycles. The topological polar surface area (TPSA) is 24.9 Å². The highest BCUT2D eigenvalue weighted by Gasteiger charge is 2.50. The molecule has 3 aliphatic carbocycles. The second kappa shape index (κ2) is 37.6. The Kier molecular flexibility index (Phi) is 24.5. The third-order valence-electron chi connectivity index (χ3n) is 27.5. The molecule has 4 nitrogen and oxygen atoms in total. The molecule has 127 heavy (non-hydrogen) atoms. The van der Waals surface area contributed by atoms with E-state index in [4.69, 9.17) is 9.47 Å². The van der Waals surface area contributed by atoms with Crippen molar-refractivity contribution < 1.29 is 9.47 Å². The average molecular weight is 1650 g/mol. The van der Waals surface area contributed by atoms with Gasteiger partial charge in [0.2, 0.25) is 0 Å². The summed E-state index contributed by atoms with van der Waals surface area (Å²) in [6.45, 7) is 13.9. The first-order valence-corrected chi connectivity index (χ1v) is 46.5. The van der Waals surface area contributed by atoms with Crippen molar-refractivity contribution in [1.82, 2.24) is 0 Å². The number of aryl methyl sites for hydroxylation is 2. The number of hydrogen-bond acceptors (Lipinski definition) is 4. The van der Waals surface area contributed by atoms with E-state index in [0.717, 1.165) is 159 Å². The van der Waals surface area contributed by atoms with Crippen LogP contribution >= 0.6 is 0 Å². The van der Waals surface area contributed by atoms with Gasteiger partial charge in [-0.2, -0.15) is 0 Å². The van der Waals surface area contributed by atoms with Crippen molar-refractivity contribution in [1.29, 1.82) is 0 Å². The van der Waals surface area contributed by atoms with Crippen LogP contribution in [-0.4, -0.2) is 13.2 Å². The van der Waals surface area contributed by atoms with E-state index in [0.29, 0.717) is 13.2 Å². The minimum atomic E-state index is -0.828. The summed E-state index contributed by atoms with van der Waals surface area (Å²) in [5.74, 6) is 1.81. The molecule has 16 aromatic rings. The lowest BCUT2D eigenvalue weighted by molar-refractivity contribution is 0.303. The van der Waals surface area contributed by atoms with Gasteiger partial charge in [-0.3, -0.25) is 0 Å². The minimum Gasteiger partial charge on any atom is -0.494 e. The van der Waals surface area contributed by atoms with Crippen LogP contribution in [0.2, 0.25) is 0 Å². The normalized spacial score (nSPS) is 14.7. The predicted octanol–water partition coefficient (Wildman–Crippen LogP) is 33.0. The Morgan fingerprint density at radius 3 is 0.921 bits per heavy atom. The Hall–Kier alpha value is -13.8.